The topological polar surface area (TPSA) is 116 Å². The molecule has 51 heavy (non-hydrogen) atoms. The molecule has 0 atom stereocenters. The summed E-state index contributed by atoms with van der Waals surface area (Å²) in [6, 6.07) is 47.6. The number of hydrogen-bond acceptors (Lipinski definition) is 6. The second kappa shape index (κ2) is 13.3. The van der Waals surface area contributed by atoms with Crippen molar-refractivity contribution in [1.82, 2.24) is 39.6 Å². The van der Waals surface area contributed by atoms with E-state index in [2.05, 4.69) is 95.1 Å². The van der Waals surface area contributed by atoms with Crippen LogP contribution in [0.1, 0.15) is 40.6 Å². The van der Waals surface area contributed by atoms with E-state index >= 15 is 0 Å². The van der Waals surface area contributed by atoms with Crippen molar-refractivity contribution in [3.8, 4) is 22.5 Å². The largest absolute Gasteiger partial charge is 0.481 e. The van der Waals surface area contributed by atoms with Gasteiger partial charge in [-0.3, -0.25) is 4.79 Å². The summed E-state index contributed by atoms with van der Waals surface area (Å²) >= 11 is 0. The highest BCUT2D eigenvalue weighted by molar-refractivity contribution is 5.81. The number of carboxylic acids is 1. The Morgan fingerprint density at radius 1 is 0.725 bits per heavy atom. The quantitative estimate of drug-likeness (QED) is 0.148. The van der Waals surface area contributed by atoms with Crippen LogP contribution >= 0.6 is 0 Å². The summed E-state index contributed by atoms with van der Waals surface area (Å²) < 4.78 is 5.44. The highest BCUT2D eigenvalue weighted by Crippen LogP contribution is 2.43. The van der Waals surface area contributed by atoms with Gasteiger partial charge in [0, 0.05) is 11.1 Å². The Morgan fingerprint density at radius 3 is 1.86 bits per heavy atom. The van der Waals surface area contributed by atoms with Gasteiger partial charge in [-0.15, -0.1) is 14.8 Å². The van der Waals surface area contributed by atoms with Crippen LogP contribution in [0, 0.1) is 0 Å². The fraction of sp³-hybridized carbons (Fsp3) is 0.122. The van der Waals surface area contributed by atoms with E-state index in [4.69, 9.17) is 10.3 Å². The minimum Gasteiger partial charge on any atom is -0.481 e. The molecule has 0 unspecified atom stereocenters. The normalized spacial score (nSPS) is 11.6. The van der Waals surface area contributed by atoms with Crippen molar-refractivity contribution in [3.05, 3.63) is 179 Å². The second-order valence-electron chi connectivity index (χ2n) is 12.4. The highest BCUT2D eigenvalue weighted by Gasteiger charge is 2.42. The van der Waals surface area contributed by atoms with Gasteiger partial charge in [0.1, 0.15) is 17.8 Å². The van der Waals surface area contributed by atoms with Gasteiger partial charge in [0.2, 0.25) is 0 Å². The molecular formula is C41H34N8O2. The molecule has 0 saturated carbocycles. The number of aromatic nitrogens is 8. The minimum atomic E-state index is -0.937. The van der Waals surface area contributed by atoms with Crippen molar-refractivity contribution in [2.24, 2.45) is 0 Å². The summed E-state index contributed by atoms with van der Waals surface area (Å²) in [7, 11) is 0. The highest BCUT2D eigenvalue weighted by atomic mass is 16.4. The standard InChI is InChI=1S/C41H34N8O2/c1-2-30-27-42-49-40(30)47(37(44-49)26-38(50)51)28-29-22-24-31(25-23-29)35-20-12-13-21-36(35)39-43-45-46-48(39)41(32-14-6-3-7-15-32,33-16-8-4-9-17-33)34-18-10-5-11-19-34/h3-25,27H,2,26,28H2,1H3,(H,50,51). The van der Waals surface area contributed by atoms with Crippen LogP contribution in [0.2, 0.25) is 0 Å². The third-order valence-electron chi connectivity index (χ3n) is 9.40. The number of nitrogens with zero attached hydrogens (tertiary/aromatic N) is 8. The number of tetrazole rings is 1. The predicted molar refractivity (Wildman–Crippen MR) is 194 cm³/mol. The van der Waals surface area contributed by atoms with Crippen molar-refractivity contribution in [2.45, 2.75) is 31.8 Å². The van der Waals surface area contributed by atoms with Crippen LogP contribution in [-0.2, 0) is 29.7 Å². The van der Waals surface area contributed by atoms with Crippen LogP contribution in [0.4, 0.5) is 0 Å². The van der Waals surface area contributed by atoms with E-state index in [1.54, 1.807) is 6.20 Å². The zero-order valence-corrected chi connectivity index (χ0v) is 27.9. The first-order chi connectivity index (χ1) is 25.1. The molecule has 0 radical (unpaired) electrons. The molecule has 3 aromatic heterocycles. The maximum absolute atomic E-state index is 11.7. The lowest BCUT2D eigenvalue weighted by Crippen LogP contribution is -2.39. The van der Waals surface area contributed by atoms with Crippen molar-refractivity contribution in [1.29, 1.82) is 0 Å². The van der Waals surface area contributed by atoms with Crippen molar-refractivity contribution in [3.63, 3.8) is 0 Å². The van der Waals surface area contributed by atoms with Crippen molar-refractivity contribution >= 4 is 11.6 Å². The molecule has 0 aliphatic heterocycles. The Hall–Kier alpha value is -6.68. The summed E-state index contributed by atoms with van der Waals surface area (Å²) in [4.78, 5) is 11.7. The first-order valence-electron chi connectivity index (χ1n) is 16.9. The summed E-state index contributed by atoms with van der Waals surface area (Å²) in [5.74, 6) is 0.145. The van der Waals surface area contributed by atoms with Crippen molar-refractivity contribution < 1.29 is 9.90 Å². The Morgan fingerprint density at radius 2 is 1.29 bits per heavy atom. The Bertz CT molecular complexity index is 2340. The molecule has 0 bridgehead atoms. The molecule has 0 amide bonds. The lowest BCUT2D eigenvalue weighted by atomic mass is 9.77. The van der Waals surface area contributed by atoms with Crippen LogP contribution in [0.5, 0.6) is 0 Å². The smallest absolute Gasteiger partial charge is 0.311 e. The van der Waals surface area contributed by atoms with Gasteiger partial charge in [-0.05, 0) is 50.2 Å². The summed E-state index contributed by atoms with van der Waals surface area (Å²) in [5, 5.41) is 32.2. The maximum Gasteiger partial charge on any atom is 0.311 e. The zero-order valence-electron chi connectivity index (χ0n) is 27.9. The molecule has 0 aliphatic rings. The average Bonchev–Trinajstić information content (AvgIpc) is 3.91. The van der Waals surface area contributed by atoms with E-state index in [1.165, 1.54) is 4.63 Å². The molecule has 1 N–H and O–H groups in total. The van der Waals surface area contributed by atoms with E-state index in [-0.39, 0.29) is 6.42 Å². The number of carboxylic acid groups (broad SMARTS) is 1. The van der Waals surface area contributed by atoms with E-state index in [9.17, 15) is 9.90 Å². The van der Waals surface area contributed by atoms with Gasteiger partial charge in [-0.1, -0.05) is 146 Å². The molecule has 0 fully saturated rings. The molecule has 0 aliphatic carbocycles. The van der Waals surface area contributed by atoms with E-state index < -0.39 is 11.5 Å². The Kier molecular flexibility index (Phi) is 8.25. The number of fused-ring (bicyclic) bond motifs is 1. The monoisotopic (exact) mass is 670 g/mol. The van der Waals surface area contributed by atoms with Gasteiger partial charge in [-0.2, -0.15) is 5.10 Å². The van der Waals surface area contributed by atoms with Crippen LogP contribution < -0.4 is 0 Å². The molecular weight excluding hydrogens is 637 g/mol. The molecule has 3 heterocycles. The fourth-order valence-electron chi connectivity index (χ4n) is 7.07. The SMILES string of the molecule is CCc1cnn2nc(CC(=O)O)n(Cc3ccc(-c4ccccc4-c4nnnn4C(c4ccccc4)(c4ccccc4)c4ccccc4)cc3)c12. The van der Waals surface area contributed by atoms with Crippen LogP contribution in [0.25, 0.3) is 28.2 Å². The number of benzene rings is 5. The van der Waals surface area contributed by atoms with Gasteiger partial charge in [-0.25, -0.2) is 4.68 Å². The number of aryl methyl sites for hydroxylation is 1. The summed E-state index contributed by atoms with van der Waals surface area (Å²) in [6.45, 7) is 2.51. The fourth-order valence-corrected chi connectivity index (χ4v) is 7.07. The molecule has 10 heteroatoms. The summed E-state index contributed by atoms with van der Waals surface area (Å²) in [6.07, 6.45) is 2.36. The van der Waals surface area contributed by atoms with Gasteiger partial charge in [0.15, 0.2) is 11.5 Å². The number of hydrogen-bond donors (Lipinski definition) is 1. The van der Waals surface area contributed by atoms with Crippen molar-refractivity contribution in [2.75, 3.05) is 0 Å². The van der Waals surface area contributed by atoms with Gasteiger partial charge in [0.25, 0.3) is 0 Å². The van der Waals surface area contributed by atoms with Crippen LogP contribution in [-0.4, -0.2) is 50.7 Å². The zero-order chi connectivity index (χ0) is 34.8. The van der Waals surface area contributed by atoms with E-state index in [1.807, 2.05) is 76.0 Å². The lowest BCUT2D eigenvalue weighted by Gasteiger charge is -2.36. The lowest BCUT2D eigenvalue weighted by molar-refractivity contribution is -0.136. The molecule has 0 spiro atoms. The first kappa shape index (κ1) is 31.6. The number of rotatable bonds is 11. The van der Waals surface area contributed by atoms with Gasteiger partial charge < -0.3 is 9.67 Å². The minimum absolute atomic E-state index is 0.191. The van der Waals surface area contributed by atoms with E-state index in [0.717, 1.165) is 56.6 Å². The Labute approximate surface area is 294 Å². The molecule has 5 aromatic carbocycles. The van der Waals surface area contributed by atoms with E-state index in [0.29, 0.717) is 18.2 Å². The third kappa shape index (κ3) is 5.56. The third-order valence-corrected chi connectivity index (χ3v) is 9.40. The van der Waals surface area contributed by atoms with Crippen LogP contribution in [0.3, 0.4) is 0 Å². The maximum atomic E-state index is 11.7. The Balaban J connectivity index is 1.24. The van der Waals surface area contributed by atoms with Gasteiger partial charge in [0.05, 0.1) is 12.7 Å². The van der Waals surface area contributed by atoms with Crippen LogP contribution in [0.15, 0.2) is 146 Å². The number of aliphatic carboxylic acids is 1. The predicted octanol–water partition coefficient (Wildman–Crippen LogP) is 6.93. The molecule has 8 aromatic rings. The summed E-state index contributed by atoms with van der Waals surface area (Å²) in [5.41, 5.74) is 7.89. The molecule has 10 nitrogen and oxygen atoms in total. The second-order valence-corrected chi connectivity index (χ2v) is 12.4. The van der Waals surface area contributed by atoms with Gasteiger partial charge >= 0.3 is 5.97 Å². The average molecular weight is 671 g/mol. The molecule has 250 valence electrons. The molecule has 0 saturated heterocycles. The first-order valence-corrected chi connectivity index (χ1v) is 16.9. The number of carbonyl (C=O) groups is 1. The molecule has 8 rings (SSSR count).